The van der Waals surface area contributed by atoms with Crippen LogP contribution in [0.2, 0.25) is 0 Å². The highest BCUT2D eigenvalue weighted by molar-refractivity contribution is 7.94. The number of nitrogens with zero attached hydrogens (tertiary/aromatic N) is 2. The SMILES string of the molecule is Cc1ccc(S(=O)(=O)Nc2ccc(F)c(C(=O)C3=C4C=C(Cl)C=NC4N=C3)c2F)s1. The average molecular weight is 468 g/mol. The molecule has 1 unspecified atom stereocenters. The van der Waals surface area contributed by atoms with E-state index in [0.29, 0.717) is 5.57 Å². The van der Waals surface area contributed by atoms with Gasteiger partial charge >= 0.3 is 0 Å². The van der Waals surface area contributed by atoms with E-state index in [1.807, 2.05) is 0 Å². The van der Waals surface area contributed by atoms with E-state index in [-0.39, 0.29) is 14.8 Å². The van der Waals surface area contributed by atoms with Gasteiger partial charge in [0.15, 0.2) is 12.0 Å². The predicted molar refractivity (Wildman–Crippen MR) is 112 cm³/mol. The third-order valence-electron chi connectivity index (χ3n) is 4.35. The van der Waals surface area contributed by atoms with Crippen LogP contribution in [0, 0.1) is 18.6 Å². The molecule has 11 heteroatoms. The quantitative estimate of drug-likeness (QED) is 0.667. The van der Waals surface area contributed by atoms with E-state index in [9.17, 15) is 17.6 Å². The topological polar surface area (TPSA) is 88.0 Å². The van der Waals surface area contributed by atoms with Gasteiger partial charge in [0.25, 0.3) is 10.0 Å². The number of allylic oxidation sites excluding steroid dienone is 2. The average Bonchev–Trinajstić information content (AvgIpc) is 3.30. The molecule has 1 aromatic carbocycles. The number of hydrogen-bond acceptors (Lipinski definition) is 6. The van der Waals surface area contributed by atoms with E-state index in [4.69, 9.17) is 11.6 Å². The van der Waals surface area contributed by atoms with E-state index in [0.717, 1.165) is 28.3 Å². The number of dihydropyridines is 1. The Labute approximate surface area is 179 Å². The summed E-state index contributed by atoms with van der Waals surface area (Å²) in [6.07, 6.45) is 3.28. The second-order valence-electron chi connectivity index (χ2n) is 6.41. The van der Waals surface area contributed by atoms with Crippen molar-refractivity contribution in [3.05, 3.63) is 68.6 Å². The number of nitrogens with one attached hydrogen (secondary N) is 1. The first-order valence-corrected chi connectivity index (χ1v) is 11.1. The number of benzene rings is 1. The number of rotatable bonds is 5. The number of anilines is 1. The van der Waals surface area contributed by atoms with Crippen molar-refractivity contribution in [1.82, 2.24) is 0 Å². The highest BCUT2D eigenvalue weighted by atomic mass is 35.5. The molecule has 0 fully saturated rings. The molecule has 0 spiro atoms. The maximum absolute atomic E-state index is 15.1. The molecular formula is C19H12ClF2N3O3S2. The van der Waals surface area contributed by atoms with Crippen molar-refractivity contribution in [2.45, 2.75) is 17.3 Å². The smallest absolute Gasteiger partial charge is 0.271 e. The minimum absolute atomic E-state index is 0.0350. The first kappa shape index (κ1) is 20.6. The highest BCUT2D eigenvalue weighted by Crippen LogP contribution is 2.31. The second-order valence-corrected chi connectivity index (χ2v) is 10.0. The molecule has 30 heavy (non-hydrogen) atoms. The van der Waals surface area contributed by atoms with Crippen molar-refractivity contribution >= 4 is 56.9 Å². The minimum Gasteiger partial charge on any atom is -0.288 e. The van der Waals surface area contributed by atoms with Gasteiger partial charge in [0, 0.05) is 28.5 Å². The van der Waals surface area contributed by atoms with Crippen LogP contribution in [0.5, 0.6) is 0 Å². The molecule has 0 radical (unpaired) electrons. The minimum atomic E-state index is -4.11. The summed E-state index contributed by atoms with van der Waals surface area (Å²) in [6.45, 7) is 1.72. The number of hydrogen-bond donors (Lipinski definition) is 1. The molecule has 1 N–H and O–H groups in total. The zero-order valence-corrected chi connectivity index (χ0v) is 17.6. The third kappa shape index (κ3) is 3.62. The monoisotopic (exact) mass is 467 g/mol. The summed E-state index contributed by atoms with van der Waals surface area (Å²) in [5.74, 6) is -3.44. The van der Waals surface area contributed by atoms with Crippen LogP contribution in [-0.4, -0.2) is 32.8 Å². The molecule has 2 aliphatic rings. The fourth-order valence-electron chi connectivity index (χ4n) is 2.95. The number of Topliss-reactive ketones (excluding diaryl/α,β-unsaturated/α-hetero) is 1. The molecule has 0 saturated heterocycles. The van der Waals surface area contributed by atoms with Gasteiger partial charge in [-0.05, 0) is 37.3 Å². The standard InChI is InChI=1S/C19H12ClF2N3O3S2/c1-9-2-5-15(29-9)30(27,28)25-14-4-3-13(21)16(17(14)22)18(26)12-8-24-19-11(12)6-10(20)7-23-19/h2-8,19,25H,1H3. The van der Waals surface area contributed by atoms with Crippen LogP contribution in [0.4, 0.5) is 14.5 Å². The maximum atomic E-state index is 15.1. The van der Waals surface area contributed by atoms with Crippen molar-refractivity contribution in [3.63, 3.8) is 0 Å². The van der Waals surface area contributed by atoms with Crippen molar-refractivity contribution in [2.75, 3.05) is 4.72 Å². The molecule has 3 heterocycles. The Morgan fingerprint density at radius 1 is 1.17 bits per heavy atom. The Balaban J connectivity index is 1.74. The number of ketones is 1. The highest BCUT2D eigenvalue weighted by Gasteiger charge is 2.31. The predicted octanol–water partition coefficient (Wildman–Crippen LogP) is 4.23. The fraction of sp³-hybridized carbons (Fsp3) is 0.105. The van der Waals surface area contributed by atoms with E-state index >= 15 is 4.39 Å². The van der Waals surface area contributed by atoms with Crippen LogP contribution in [-0.2, 0) is 10.0 Å². The number of fused-ring (bicyclic) bond motifs is 1. The molecule has 2 aliphatic heterocycles. The van der Waals surface area contributed by atoms with Gasteiger partial charge in [-0.3, -0.25) is 19.5 Å². The fourth-order valence-corrected chi connectivity index (χ4v) is 5.47. The zero-order valence-electron chi connectivity index (χ0n) is 15.2. The number of thiophene rings is 1. The Morgan fingerprint density at radius 2 is 1.90 bits per heavy atom. The first-order valence-electron chi connectivity index (χ1n) is 8.47. The van der Waals surface area contributed by atoms with Gasteiger partial charge in [-0.15, -0.1) is 11.3 Å². The summed E-state index contributed by atoms with van der Waals surface area (Å²) in [5, 5.41) is 0.241. The van der Waals surface area contributed by atoms with Gasteiger partial charge in [-0.25, -0.2) is 17.2 Å². The van der Waals surface area contributed by atoms with Gasteiger partial charge < -0.3 is 0 Å². The molecule has 6 nitrogen and oxygen atoms in total. The third-order valence-corrected chi connectivity index (χ3v) is 7.42. The van der Waals surface area contributed by atoms with Gasteiger partial charge in [0.05, 0.1) is 16.3 Å². The van der Waals surface area contributed by atoms with Crippen molar-refractivity contribution in [3.8, 4) is 0 Å². The van der Waals surface area contributed by atoms with Crippen molar-refractivity contribution in [1.29, 1.82) is 0 Å². The van der Waals surface area contributed by atoms with Gasteiger partial charge in [0.1, 0.15) is 10.0 Å². The second kappa shape index (κ2) is 7.53. The number of aryl methyl sites for hydroxylation is 1. The maximum Gasteiger partial charge on any atom is 0.271 e. The van der Waals surface area contributed by atoms with Crippen LogP contribution in [0.15, 0.2) is 60.7 Å². The Hall–Kier alpha value is -2.69. The van der Waals surface area contributed by atoms with E-state index in [1.165, 1.54) is 24.6 Å². The lowest BCUT2D eigenvalue weighted by atomic mass is 9.97. The summed E-state index contributed by atoms with van der Waals surface area (Å²) in [4.78, 5) is 21.7. The molecule has 0 bridgehead atoms. The van der Waals surface area contributed by atoms with Gasteiger partial charge in [-0.2, -0.15) is 0 Å². The van der Waals surface area contributed by atoms with Crippen molar-refractivity contribution < 1.29 is 22.0 Å². The summed E-state index contributed by atoms with van der Waals surface area (Å²) in [5.41, 5.74) is -1.20. The van der Waals surface area contributed by atoms with Crippen molar-refractivity contribution in [2.24, 2.45) is 9.98 Å². The molecule has 1 aromatic heterocycles. The largest absolute Gasteiger partial charge is 0.288 e. The summed E-state index contributed by atoms with van der Waals surface area (Å²) in [6, 6.07) is 4.72. The molecule has 4 rings (SSSR count). The number of aliphatic imine (C=N–C) groups is 2. The molecule has 2 aromatic rings. The number of carbonyl (C=O) groups is 1. The van der Waals surface area contributed by atoms with Crippen LogP contribution in [0.25, 0.3) is 0 Å². The molecule has 0 saturated carbocycles. The van der Waals surface area contributed by atoms with Gasteiger partial charge in [-0.1, -0.05) is 11.6 Å². The molecule has 0 aliphatic carbocycles. The van der Waals surface area contributed by atoms with Crippen LogP contribution >= 0.6 is 22.9 Å². The van der Waals surface area contributed by atoms with Crippen LogP contribution in [0.3, 0.4) is 0 Å². The molecule has 154 valence electrons. The normalized spacial score (nSPS) is 17.9. The molecular weight excluding hydrogens is 456 g/mol. The van der Waals surface area contributed by atoms with Crippen LogP contribution in [0.1, 0.15) is 15.2 Å². The Morgan fingerprint density at radius 3 is 2.60 bits per heavy atom. The molecule has 0 amide bonds. The van der Waals surface area contributed by atoms with Gasteiger partial charge in [0.2, 0.25) is 5.78 Å². The number of halogens is 3. The zero-order chi connectivity index (χ0) is 21.6. The summed E-state index contributed by atoms with van der Waals surface area (Å²) < 4.78 is 56.5. The lowest BCUT2D eigenvalue weighted by molar-refractivity contribution is 0.103. The number of carbonyl (C=O) groups excluding carboxylic acids is 1. The number of sulfonamides is 1. The van der Waals surface area contributed by atoms with E-state index < -0.39 is 44.9 Å². The lowest BCUT2D eigenvalue weighted by Crippen LogP contribution is -2.17. The first-order chi connectivity index (χ1) is 14.2. The summed E-state index contributed by atoms with van der Waals surface area (Å²) in [7, 11) is -4.11. The Kier molecular flexibility index (Phi) is 5.16. The van der Waals surface area contributed by atoms with Crippen LogP contribution < -0.4 is 4.72 Å². The lowest BCUT2D eigenvalue weighted by Gasteiger charge is -2.13. The Bertz CT molecular complexity index is 1310. The molecule has 1 atom stereocenters. The van der Waals surface area contributed by atoms with E-state index in [1.54, 1.807) is 13.0 Å². The summed E-state index contributed by atoms with van der Waals surface area (Å²) >= 11 is 6.90. The van der Waals surface area contributed by atoms with E-state index in [2.05, 4.69) is 14.7 Å².